The highest BCUT2D eigenvalue weighted by molar-refractivity contribution is 6.17. The van der Waals surface area contributed by atoms with E-state index in [9.17, 15) is 15.3 Å². The van der Waals surface area contributed by atoms with E-state index in [1.165, 1.54) is 0 Å². The van der Waals surface area contributed by atoms with E-state index in [4.69, 9.17) is 26.2 Å². The molecule has 0 aromatic carbocycles. The van der Waals surface area contributed by atoms with Crippen molar-refractivity contribution in [3.05, 3.63) is 0 Å². The van der Waals surface area contributed by atoms with Gasteiger partial charge in [-0.2, -0.15) is 0 Å². The third kappa shape index (κ3) is 3.27. The van der Waals surface area contributed by atoms with Crippen LogP contribution >= 0.6 is 11.6 Å². The maximum atomic E-state index is 9.55. The fraction of sp³-hybridized carbons (Fsp3) is 1.00. The lowest BCUT2D eigenvalue weighted by Crippen LogP contribution is -2.59. The summed E-state index contributed by atoms with van der Waals surface area (Å²) in [5.74, 6) is 0.414. The van der Waals surface area contributed by atoms with E-state index in [1.54, 1.807) is 0 Å². The summed E-state index contributed by atoms with van der Waals surface area (Å²) in [5, 5.41) is 37.3. The number of hydrogen-bond acceptors (Lipinski definition) is 6. The monoisotopic (exact) mass is 256 g/mol. The van der Waals surface area contributed by atoms with E-state index in [1.807, 2.05) is 0 Å². The molecule has 1 heterocycles. The Kier molecular flexibility index (Phi) is 5.91. The van der Waals surface area contributed by atoms with E-state index >= 15 is 0 Å². The molecular weight excluding hydrogens is 240 g/mol. The van der Waals surface area contributed by atoms with Gasteiger partial charge in [0.1, 0.15) is 24.4 Å². The largest absolute Gasteiger partial charge is 0.394 e. The Morgan fingerprint density at radius 3 is 2.38 bits per heavy atom. The number of alkyl halides is 1. The fourth-order valence-electron chi connectivity index (χ4n) is 1.46. The number of halogens is 1. The zero-order valence-corrected chi connectivity index (χ0v) is 9.45. The van der Waals surface area contributed by atoms with Crippen molar-refractivity contribution in [1.82, 2.24) is 0 Å². The molecule has 0 radical (unpaired) electrons. The quantitative estimate of drug-likeness (QED) is 0.350. The Balaban J connectivity index is 2.50. The summed E-state index contributed by atoms with van der Waals surface area (Å²) in [7, 11) is 0. The Morgan fingerprint density at radius 2 is 1.81 bits per heavy atom. The summed E-state index contributed by atoms with van der Waals surface area (Å²) in [6.45, 7) is -0.188. The molecule has 0 aromatic heterocycles. The first-order valence-electron chi connectivity index (χ1n) is 5.10. The molecule has 4 N–H and O–H groups in total. The molecule has 1 fully saturated rings. The van der Waals surface area contributed by atoms with Crippen molar-refractivity contribution in [2.24, 2.45) is 0 Å². The van der Waals surface area contributed by atoms with E-state index in [0.717, 1.165) is 0 Å². The van der Waals surface area contributed by atoms with Crippen LogP contribution in [0.5, 0.6) is 0 Å². The molecule has 1 saturated heterocycles. The smallest absolute Gasteiger partial charge is 0.186 e. The highest BCUT2D eigenvalue weighted by Gasteiger charge is 2.43. The van der Waals surface area contributed by atoms with Gasteiger partial charge in [0.15, 0.2) is 6.29 Å². The molecule has 1 aliphatic heterocycles. The summed E-state index contributed by atoms with van der Waals surface area (Å²) in [4.78, 5) is 0. The van der Waals surface area contributed by atoms with Gasteiger partial charge in [-0.05, 0) is 6.42 Å². The molecule has 96 valence electrons. The average Bonchev–Trinajstić information content (AvgIpc) is 2.29. The summed E-state index contributed by atoms with van der Waals surface area (Å²) in [6, 6.07) is 0. The van der Waals surface area contributed by atoms with Crippen molar-refractivity contribution in [3.8, 4) is 0 Å². The van der Waals surface area contributed by atoms with Crippen LogP contribution in [0.2, 0.25) is 0 Å². The number of hydrogen-bond donors (Lipinski definition) is 4. The Morgan fingerprint density at radius 1 is 1.12 bits per heavy atom. The van der Waals surface area contributed by atoms with Gasteiger partial charge in [0.05, 0.1) is 13.2 Å². The molecule has 0 spiro atoms. The lowest BCUT2D eigenvalue weighted by Gasteiger charge is -2.39. The number of aliphatic hydroxyl groups is 4. The number of aliphatic hydroxyl groups excluding tert-OH is 4. The Hall–Kier alpha value is 0.0500. The van der Waals surface area contributed by atoms with Gasteiger partial charge < -0.3 is 29.9 Å². The molecule has 0 unspecified atom stereocenters. The van der Waals surface area contributed by atoms with E-state index in [-0.39, 0.29) is 6.61 Å². The van der Waals surface area contributed by atoms with Crippen LogP contribution in [0.3, 0.4) is 0 Å². The topological polar surface area (TPSA) is 99.4 Å². The highest BCUT2D eigenvalue weighted by Crippen LogP contribution is 2.21. The first-order chi connectivity index (χ1) is 7.61. The number of ether oxygens (including phenoxy) is 2. The minimum Gasteiger partial charge on any atom is -0.394 e. The van der Waals surface area contributed by atoms with Crippen molar-refractivity contribution in [3.63, 3.8) is 0 Å². The maximum Gasteiger partial charge on any atom is 0.186 e. The highest BCUT2D eigenvalue weighted by atomic mass is 35.5. The van der Waals surface area contributed by atoms with Gasteiger partial charge in [-0.15, -0.1) is 11.6 Å². The van der Waals surface area contributed by atoms with E-state index in [2.05, 4.69) is 0 Å². The van der Waals surface area contributed by atoms with Crippen LogP contribution in [0.25, 0.3) is 0 Å². The normalized spacial score (nSPS) is 39.9. The molecule has 0 aliphatic carbocycles. The maximum absolute atomic E-state index is 9.55. The van der Waals surface area contributed by atoms with E-state index < -0.39 is 37.3 Å². The van der Waals surface area contributed by atoms with Gasteiger partial charge in [-0.25, -0.2) is 0 Å². The molecule has 0 aromatic rings. The molecule has 1 rings (SSSR count). The first kappa shape index (κ1) is 14.1. The lowest BCUT2D eigenvalue weighted by atomic mass is 9.99. The molecule has 5 atom stereocenters. The third-order valence-electron chi connectivity index (χ3n) is 2.41. The molecule has 0 bridgehead atoms. The van der Waals surface area contributed by atoms with E-state index in [0.29, 0.717) is 12.3 Å². The third-order valence-corrected chi connectivity index (χ3v) is 2.68. The van der Waals surface area contributed by atoms with Crippen LogP contribution in [0.1, 0.15) is 6.42 Å². The number of rotatable bonds is 5. The van der Waals surface area contributed by atoms with Crippen molar-refractivity contribution in [2.45, 2.75) is 37.1 Å². The second-order valence-electron chi connectivity index (χ2n) is 3.61. The summed E-state index contributed by atoms with van der Waals surface area (Å²) in [6.07, 6.45) is -5.50. The van der Waals surface area contributed by atoms with Gasteiger partial charge in [-0.3, -0.25) is 0 Å². The molecule has 0 amide bonds. The second kappa shape index (κ2) is 6.70. The van der Waals surface area contributed by atoms with Crippen molar-refractivity contribution >= 4 is 11.6 Å². The summed E-state index contributed by atoms with van der Waals surface area (Å²) >= 11 is 5.45. The molecule has 1 aliphatic rings. The van der Waals surface area contributed by atoms with Gasteiger partial charge in [-0.1, -0.05) is 0 Å². The van der Waals surface area contributed by atoms with Gasteiger partial charge >= 0.3 is 0 Å². The second-order valence-corrected chi connectivity index (χ2v) is 3.99. The summed E-state index contributed by atoms with van der Waals surface area (Å²) in [5.41, 5.74) is 0. The zero-order valence-electron chi connectivity index (χ0n) is 8.70. The molecule has 7 heteroatoms. The van der Waals surface area contributed by atoms with Crippen LogP contribution in [-0.4, -0.2) is 70.2 Å². The van der Waals surface area contributed by atoms with Crippen LogP contribution in [-0.2, 0) is 9.47 Å². The minimum atomic E-state index is -1.40. The summed E-state index contributed by atoms with van der Waals surface area (Å²) < 4.78 is 10.2. The lowest BCUT2D eigenvalue weighted by molar-refractivity contribution is -0.300. The Labute approximate surface area is 98.4 Å². The van der Waals surface area contributed by atoms with Crippen LogP contribution in [0.15, 0.2) is 0 Å². The van der Waals surface area contributed by atoms with Gasteiger partial charge in [0, 0.05) is 5.88 Å². The van der Waals surface area contributed by atoms with Crippen molar-refractivity contribution in [2.75, 3.05) is 19.1 Å². The standard InChI is InChI=1S/C9H17ClO6/c10-2-1-3-15-9-8(14)7(13)6(12)5(4-11)16-9/h5-9,11-14H,1-4H2/t5-,6-,7+,8-,9-/m1/s1. The predicted molar refractivity (Wildman–Crippen MR) is 55.1 cm³/mol. The fourth-order valence-corrected chi connectivity index (χ4v) is 1.57. The van der Waals surface area contributed by atoms with Crippen molar-refractivity contribution < 1.29 is 29.9 Å². The molecule has 16 heavy (non-hydrogen) atoms. The van der Waals surface area contributed by atoms with Crippen LogP contribution in [0.4, 0.5) is 0 Å². The molecular formula is C9H17ClO6. The van der Waals surface area contributed by atoms with Crippen LogP contribution in [0, 0.1) is 0 Å². The average molecular weight is 257 g/mol. The predicted octanol–water partition coefficient (Wildman–Crippen LogP) is -1.57. The van der Waals surface area contributed by atoms with Crippen LogP contribution < -0.4 is 0 Å². The zero-order chi connectivity index (χ0) is 12.1. The van der Waals surface area contributed by atoms with Crippen molar-refractivity contribution in [1.29, 1.82) is 0 Å². The SMILES string of the molecule is OC[C@H]1O[C@@H](OCCCCl)[C@H](O)[C@@H](O)[C@@H]1O. The first-order valence-corrected chi connectivity index (χ1v) is 5.63. The van der Waals surface area contributed by atoms with Gasteiger partial charge in [0.25, 0.3) is 0 Å². The molecule has 0 saturated carbocycles. The molecule has 6 nitrogen and oxygen atoms in total. The minimum absolute atomic E-state index is 0.270. The van der Waals surface area contributed by atoms with Gasteiger partial charge in [0.2, 0.25) is 0 Å². The Bertz CT molecular complexity index is 202.